The van der Waals surface area contributed by atoms with Crippen LogP contribution in [0.15, 0.2) is 42.5 Å². The summed E-state index contributed by atoms with van der Waals surface area (Å²) >= 11 is 0. The second kappa shape index (κ2) is 6.96. The van der Waals surface area contributed by atoms with E-state index in [0.29, 0.717) is 6.54 Å². The van der Waals surface area contributed by atoms with Crippen molar-refractivity contribution in [3.63, 3.8) is 0 Å². The number of benzene rings is 2. The van der Waals surface area contributed by atoms with Crippen molar-refractivity contribution in [2.45, 2.75) is 19.9 Å². The van der Waals surface area contributed by atoms with Gasteiger partial charge >= 0.3 is 0 Å². The van der Waals surface area contributed by atoms with Crippen LogP contribution in [0.5, 0.6) is 11.5 Å². The molecule has 0 aromatic heterocycles. The molecule has 106 valence electrons. The summed E-state index contributed by atoms with van der Waals surface area (Å²) in [6.45, 7) is 3.31. The van der Waals surface area contributed by atoms with Crippen molar-refractivity contribution < 1.29 is 9.47 Å². The van der Waals surface area contributed by atoms with Crippen molar-refractivity contribution >= 4 is 0 Å². The molecule has 2 N–H and O–H groups in total. The van der Waals surface area contributed by atoms with Crippen molar-refractivity contribution in [3.05, 3.63) is 48.0 Å². The van der Waals surface area contributed by atoms with E-state index in [4.69, 9.17) is 15.2 Å². The van der Waals surface area contributed by atoms with Crippen LogP contribution in [0.25, 0.3) is 11.1 Å². The van der Waals surface area contributed by atoms with Gasteiger partial charge in [0.2, 0.25) is 0 Å². The minimum absolute atomic E-state index is 0.467. The quantitative estimate of drug-likeness (QED) is 0.873. The van der Waals surface area contributed by atoms with E-state index in [1.54, 1.807) is 7.11 Å². The molecule has 0 atom stereocenters. The predicted octanol–water partition coefficient (Wildman–Crippen LogP) is 3.61. The molecule has 0 aliphatic rings. The number of rotatable bonds is 6. The average Bonchev–Trinajstić information content (AvgIpc) is 2.52. The van der Waals surface area contributed by atoms with Gasteiger partial charge in [-0.3, -0.25) is 0 Å². The van der Waals surface area contributed by atoms with Crippen molar-refractivity contribution in [3.8, 4) is 22.6 Å². The lowest BCUT2D eigenvalue weighted by molar-refractivity contribution is 0.317. The highest BCUT2D eigenvalue weighted by molar-refractivity contribution is 5.66. The molecule has 0 heterocycles. The van der Waals surface area contributed by atoms with Gasteiger partial charge in [-0.05, 0) is 41.8 Å². The Kier molecular flexibility index (Phi) is 5.02. The van der Waals surface area contributed by atoms with E-state index in [-0.39, 0.29) is 0 Å². The molecule has 3 heteroatoms. The second-order valence-corrected chi connectivity index (χ2v) is 4.60. The summed E-state index contributed by atoms with van der Waals surface area (Å²) < 4.78 is 10.9. The van der Waals surface area contributed by atoms with Gasteiger partial charge in [0.05, 0.1) is 13.7 Å². The third-order valence-corrected chi connectivity index (χ3v) is 3.16. The Bertz CT molecular complexity index is 549. The zero-order valence-corrected chi connectivity index (χ0v) is 12.1. The van der Waals surface area contributed by atoms with Gasteiger partial charge in [0.25, 0.3) is 0 Å². The summed E-state index contributed by atoms with van der Waals surface area (Å²) in [7, 11) is 1.66. The third-order valence-electron chi connectivity index (χ3n) is 3.16. The zero-order valence-electron chi connectivity index (χ0n) is 12.1. The van der Waals surface area contributed by atoms with E-state index in [1.807, 2.05) is 24.3 Å². The molecule has 0 saturated heterocycles. The van der Waals surface area contributed by atoms with E-state index in [1.165, 1.54) is 0 Å². The largest absolute Gasteiger partial charge is 0.496 e. The highest BCUT2D eigenvalue weighted by atomic mass is 16.5. The molecule has 0 bridgehead atoms. The first-order valence-electron chi connectivity index (χ1n) is 6.88. The van der Waals surface area contributed by atoms with Crippen LogP contribution < -0.4 is 15.2 Å². The second-order valence-electron chi connectivity index (χ2n) is 4.60. The van der Waals surface area contributed by atoms with Gasteiger partial charge in [0.15, 0.2) is 0 Å². The normalized spacial score (nSPS) is 10.3. The Balaban J connectivity index is 2.22. The molecule has 2 rings (SSSR count). The lowest BCUT2D eigenvalue weighted by Gasteiger charge is -2.10. The van der Waals surface area contributed by atoms with Crippen LogP contribution in [0.4, 0.5) is 0 Å². The summed E-state index contributed by atoms with van der Waals surface area (Å²) in [5, 5.41) is 0. The number of hydrogen-bond donors (Lipinski definition) is 1. The molecule has 20 heavy (non-hydrogen) atoms. The smallest absolute Gasteiger partial charge is 0.123 e. The topological polar surface area (TPSA) is 44.5 Å². The fourth-order valence-corrected chi connectivity index (χ4v) is 2.08. The maximum Gasteiger partial charge on any atom is 0.123 e. The van der Waals surface area contributed by atoms with Gasteiger partial charge in [0, 0.05) is 12.1 Å². The zero-order chi connectivity index (χ0) is 14.4. The van der Waals surface area contributed by atoms with Gasteiger partial charge in [-0.1, -0.05) is 25.1 Å². The molecule has 0 fully saturated rings. The van der Waals surface area contributed by atoms with E-state index >= 15 is 0 Å². The van der Waals surface area contributed by atoms with Crippen LogP contribution in [-0.4, -0.2) is 13.7 Å². The van der Waals surface area contributed by atoms with Crippen LogP contribution in [0, 0.1) is 0 Å². The van der Waals surface area contributed by atoms with E-state index < -0.39 is 0 Å². The van der Waals surface area contributed by atoms with Crippen LogP contribution in [0.2, 0.25) is 0 Å². The summed E-state index contributed by atoms with van der Waals surface area (Å²) in [6.07, 6.45) is 1.01. The maximum absolute atomic E-state index is 5.75. The first-order chi connectivity index (χ1) is 9.78. The van der Waals surface area contributed by atoms with Crippen molar-refractivity contribution in [1.82, 2.24) is 0 Å². The first kappa shape index (κ1) is 14.4. The van der Waals surface area contributed by atoms with Crippen LogP contribution in [0.3, 0.4) is 0 Å². The van der Waals surface area contributed by atoms with Gasteiger partial charge in [-0.25, -0.2) is 0 Å². The molecule has 0 aliphatic carbocycles. The molecule has 0 aliphatic heterocycles. The summed E-state index contributed by atoms with van der Waals surface area (Å²) in [5.74, 6) is 1.74. The highest BCUT2D eigenvalue weighted by Crippen LogP contribution is 2.27. The Morgan fingerprint density at radius 2 is 1.70 bits per heavy atom. The maximum atomic E-state index is 5.75. The monoisotopic (exact) mass is 271 g/mol. The summed E-state index contributed by atoms with van der Waals surface area (Å²) in [5.41, 5.74) is 9.04. The average molecular weight is 271 g/mol. The number of ether oxygens (including phenoxy) is 2. The van der Waals surface area contributed by atoms with Gasteiger partial charge in [-0.2, -0.15) is 0 Å². The minimum Gasteiger partial charge on any atom is -0.496 e. The Labute approximate surface area is 120 Å². The number of nitrogens with two attached hydrogens (primary N) is 1. The number of methoxy groups -OCH3 is 1. The molecule has 2 aromatic carbocycles. The molecule has 0 saturated carbocycles. The molecule has 0 unspecified atom stereocenters. The lowest BCUT2D eigenvalue weighted by atomic mass is 10.0. The molecular formula is C17H21NO2. The summed E-state index contributed by atoms with van der Waals surface area (Å²) in [6, 6.07) is 14.2. The standard InChI is InChI=1S/C17H21NO2/c1-3-10-20-16-7-4-13(5-8-16)14-6-9-17(19-2)15(11-14)12-18/h4-9,11H,3,10,12,18H2,1-2H3. The van der Waals surface area contributed by atoms with Crippen LogP contribution in [0.1, 0.15) is 18.9 Å². The van der Waals surface area contributed by atoms with Crippen LogP contribution in [-0.2, 0) is 6.54 Å². The lowest BCUT2D eigenvalue weighted by Crippen LogP contribution is -2.00. The fraction of sp³-hybridized carbons (Fsp3) is 0.294. The molecule has 0 amide bonds. The van der Waals surface area contributed by atoms with E-state index in [9.17, 15) is 0 Å². The van der Waals surface area contributed by atoms with Gasteiger partial charge in [-0.15, -0.1) is 0 Å². The molecule has 3 nitrogen and oxygen atoms in total. The number of hydrogen-bond acceptors (Lipinski definition) is 3. The minimum atomic E-state index is 0.467. The van der Waals surface area contributed by atoms with Gasteiger partial charge < -0.3 is 15.2 Å². The Hall–Kier alpha value is -2.00. The fourth-order valence-electron chi connectivity index (χ4n) is 2.08. The van der Waals surface area contributed by atoms with Crippen molar-refractivity contribution in [1.29, 1.82) is 0 Å². The third kappa shape index (κ3) is 3.31. The molecule has 0 spiro atoms. The Morgan fingerprint density at radius 3 is 2.30 bits per heavy atom. The van der Waals surface area contributed by atoms with Crippen molar-refractivity contribution in [2.75, 3.05) is 13.7 Å². The van der Waals surface area contributed by atoms with Crippen LogP contribution >= 0.6 is 0 Å². The van der Waals surface area contributed by atoms with E-state index in [0.717, 1.165) is 41.2 Å². The Morgan fingerprint density at radius 1 is 1.00 bits per heavy atom. The molecule has 2 aromatic rings. The highest BCUT2D eigenvalue weighted by Gasteiger charge is 2.05. The van der Waals surface area contributed by atoms with Crippen molar-refractivity contribution in [2.24, 2.45) is 5.73 Å². The first-order valence-corrected chi connectivity index (χ1v) is 6.88. The van der Waals surface area contributed by atoms with E-state index in [2.05, 4.69) is 25.1 Å². The SMILES string of the molecule is CCCOc1ccc(-c2ccc(OC)c(CN)c2)cc1. The molecule has 0 radical (unpaired) electrons. The predicted molar refractivity (Wildman–Crippen MR) is 82.1 cm³/mol. The summed E-state index contributed by atoms with van der Waals surface area (Å²) in [4.78, 5) is 0. The molecular weight excluding hydrogens is 250 g/mol. The van der Waals surface area contributed by atoms with Gasteiger partial charge in [0.1, 0.15) is 11.5 Å².